The fourth-order valence-corrected chi connectivity index (χ4v) is 3.37. The van der Waals surface area contributed by atoms with E-state index in [-0.39, 0.29) is 23.2 Å². The van der Waals surface area contributed by atoms with Gasteiger partial charge in [-0.1, -0.05) is 17.7 Å². The molecule has 1 atom stereocenters. The number of ether oxygens (including phenoxy) is 2. The van der Waals surface area contributed by atoms with Crippen molar-refractivity contribution in [3.05, 3.63) is 58.9 Å². The first kappa shape index (κ1) is 25.0. The molecule has 11 heteroatoms. The molecular weight excluding hydrogens is 465 g/mol. The number of nitrogens with one attached hydrogen (secondary N) is 3. The number of benzene rings is 2. The number of methoxy groups -OCH3 is 2. The van der Waals surface area contributed by atoms with Crippen LogP contribution in [0.3, 0.4) is 0 Å². The Bertz CT molecular complexity index is 1100. The number of amidine groups is 1. The minimum Gasteiger partial charge on any atom is -0.496 e. The minimum absolute atomic E-state index is 0.202. The second kappa shape index (κ2) is 12.0. The molecule has 1 amide bonds. The molecule has 3 N–H and O–H groups in total. The maximum Gasteiger partial charge on any atom is 0.259 e. The van der Waals surface area contributed by atoms with E-state index >= 15 is 0 Å². The van der Waals surface area contributed by atoms with E-state index in [1.165, 1.54) is 14.2 Å². The van der Waals surface area contributed by atoms with Crippen molar-refractivity contribution in [2.45, 2.75) is 18.9 Å². The van der Waals surface area contributed by atoms with Crippen LogP contribution in [0.25, 0.3) is 11.5 Å². The van der Waals surface area contributed by atoms with Crippen LogP contribution in [0.1, 0.15) is 35.1 Å². The minimum atomic E-state index is -0.873. The van der Waals surface area contributed by atoms with Crippen LogP contribution in [0.2, 0.25) is 5.02 Å². The Morgan fingerprint density at radius 3 is 2.44 bits per heavy atom. The summed E-state index contributed by atoms with van der Waals surface area (Å²) in [5, 5.41) is 21.8. The van der Waals surface area contributed by atoms with Gasteiger partial charge < -0.3 is 24.5 Å². The molecule has 0 spiro atoms. The smallest absolute Gasteiger partial charge is 0.259 e. The maximum atomic E-state index is 13.2. The lowest BCUT2D eigenvalue weighted by molar-refractivity contribution is 0.0921. The molecule has 1 unspecified atom stereocenters. The Balaban J connectivity index is 1.84. The molecule has 0 aliphatic heterocycles. The summed E-state index contributed by atoms with van der Waals surface area (Å²) in [5.41, 5.74) is 0.907. The lowest BCUT2D eigenvalue weighted by Crippen LogP contribution is -2.31. The molecule has 0 radical (unpaired) electrons. The van der Waals surface area contributed by atoms with Crippen molar-refractivity contribution in [1.82, 2.24) is 20.8 Å². The van der Waals surface area contributed by atoms with Crippen molar-refractivity contribution in [3.8, 4) is 23.0 Å². The van der Waals surface area contributed by atoms with E-state index in [0.29, 0.717) is 41.5 Å². The molecule has 0 saturated carbocycles. The highest BCUT2D eigenvalue weighted by molar-refractivity contribution is 6.30. The van der Waals surface area contributed by atoms with Crippen molar-refractivity contribution in [2.24, 2.45) is 0 Å². The lowest BCUT2D eigenvalue weighted by Gasteiger charge is -2.18. The normalized spacial score (nSPS) is 11.5. The first-order valence-electron chi connectivity index (χ1n) is 10.4. The fourth-order valence-electron chi connectivity index (χ4n) is 3.24. The summed E-state index contributed by atoms with van der Waals surface area (Å²) in [5.74, 6) is 0.519. The van der Waals surface area contributed by atoms with Crippen LogP contribution in [0.15, 0.2) is 46.9 Å². The van der Waals surface area contributed by atoms with Gasteiger partial charge in [-0.3, -0.25) is 10.2 Å². The summed E-state index contributed by atoms with van der Waals surface area (Å²) in [4.78, 5) is 13.2. The standard InChI is InChI=1S/C23H25ClFN5O4/c1-32-17-6-3-7-18(33-2)20(17)21(31)28-16(5-4-12-27-19(26)13-25)23-30-29-22(34-23)14-8-10-15(24)11-9-14/h3,6-11,16H,4-5,12-13H2,1-2H3,(H2,26,27)(H,28,31). The van der Waals surface area contributed by atoms with Crippen LogP contribution in [0.4, 0.5) is 4.39 Å². The van der Waals surface area contributed by atoms with Gasteiger partial charge in [0.25, 0.3) is 5.91 Å². The highest BCUT2D eigenvalue weighted by atomic mass is 35.5. The van der Waals surface area contributed by atoms with Crippen LogP contribution in [0, 0.1) is 5.41 Å². The van der Waals surface area contributed by atoms with Crippen molar-refractivity contribution >= 4 is 23.3 Å². The summed E-state index contributed by atoms with van der Waals surface area (Å²) in [6.07, 6.45) is 0.882. The summed E-state index contributed by atoms with van der Waals surface area (Å²) in [7, 11) is 2.93. The van der Waals surface area contributed by atoms with Gasteiger partial charge in [-0.05, 0) is 49.2 Å². The molecule has 180 valence electrons. The second-order valence-corrected chi connectivity index (χ2v) is 7.63. The molecule has 0 bridgehead atoms. The first-order chi connectivity index (χ1) is 16.5. The molecule has 34 heavy (non-hydrogen) atoms. The predicted molar refractivity (Wildman–Crippen MR) is 125 cm³/mol. The van der Waals surface area contributed by atoms with E-state index in [4.69, 9.17) is 30.9 Å². The molecule has 0 aliphatic carbocycles. The molecule has 2 aromatic carbocycles. The van der Waals surface area contributed by atoms with Gasteiger partial charge in [0, 0.05) is 17.1 Å². The van der Waals surface area contributed by atoms with Gasteiger partial charge in [-0.25, -0.2) is 4.39 Å². The van der Waals surface area contributed by atoms with Crippen molar-refractivity contribution in [2.75, 3.05) is 27.4 Å². The number of carbonyl (C=O) groups excluding carboxylic acids is 1. The van der Waals surface area contributed by atoms with Crippen LogP contribution in [-0.2, 0) is 0 Å². The Morgan fingerprint density at radius 2 is 1.82 bits per heavy atom. The zero-order valence-corrected chi connectivity index (χ0v) is 19.5. The average molecular weight is 490 g/mol. The molecule has 1 aromatic heterocycles. The van der Waals surface area contributed by atoms with Crippen molar-refractivity contribution in [1.29, 1.82) is 5.41 Å². The zero-order chi connectivity index (χ0) is 24.5. The summed E-state index contributed by atoms with van der Waals surface area (Å²) in [6.45, 7) is -0.535. The SMILES string of the molecule is COc1cccc(OC)c1C(=O)NC(CCCNC(=N)CF)c1nnc(-c2ccc(Cl)cc2)o1. The topological polar surface area (TPSA) is 122 Å². The zero-order valence-electron chi connectivity index (χ0n) is 18.7. The monoisotopic (exact) mass is 489 g/mol. The highest BCUT2D eigenvalue weighted by Crippen LogP contribution is 2.30. The molecule has 0 saturated heterocycles. The molecule has 0 aliphatic rings. The van der Waals surface area contributed by atoms with Gasteiger partial charge >= 0.3 is 0 Å². The van der Waals surface area contributed by atoms with Crippen LogP contribution in [-0.4, -0.2) is 49.4 Å². The van der Waals surface area contributed by atoms with Crippen LogP contribution in [0.5, 0.6) is 11.5 Å². The second-order valence-electron chi connectivity index (χ2n) is 7.20. The van der Waals surface area contributed by atoms with Crippen molar-refractivity contribution < 1.29 is 23.1 Å². The highest BCUT2D eigenvalue weighted by Gasteiger charge is 2.25. The number of halogens is 2. The number of nitrogens with zero attached hydrogens (tertiary/aromatic N) is 2. The third-order valence-corrected chi connectivity index (χ3v) is 5.18. The number of aromatic nitrogens is 2. The lowest BCUT2D eigenvalue weighted by atomic mass is 10.1. The van der Waals surface area contributed by atoms with Gasteiger partial charge in [0.1, 0.15) is 35.6 Å². The first-order valence-corrected chi connectivity index (χ1v) is 10.8. The van der Waals surface area contributed by atoms with E-state index in [1.807, 2.05) is 0 Å². The van der Waals surface area contributed by atoms with Gasteiger partial charge in [0.2, 0.25) is 11.8 Å². The third-order valence-electron chi connectivity index (χ3n) is 4.93. The average Bonchev–Trinajstić information content (AvgIpc) is 3.35. The van der Waals surface area contributed by atoms with Gasteiger partial charge in [-0.15, -0.1) is 10.2 Å². The number of hydrogen-bond acceptors (Lipinski definition) is 7. The maximum absolute atomic E-state index is 13.2. The van der Waals surface area contributed by atoms with E-state index in [1.54, 1.807) is 42.5 Å². The largest absolute Gasteiger partial charge is 0.496 e. The van der Waals surface area contributed by atoms with Gasteiger partial charge in [0.05, 0.1) is 14.2 Å². The Morgan fingerprint density at radius 1 is 1.15 bits per heavy atom. The third kappa shape index (κ3) is 6.22. The summed E-state index contributed by atoms with van der Waals surface area (Å²) < 4.78 is 29.0. The van der Waals surface area contributed by atoms with Gasteiger partial charge in [-0.2, -0.15) is 0 Å². The van der Waals surface area contributed by atoms with Crippen molar-refractivity contribution in [3.63, 3.8) is 0 Å². The molecular formula is C23H25ClFN5O4. The fraction of sp³-hybridized carbons (Fsp3) is 0.304. The number of alkyl halides is 1. The number of rotatable bonds is 11. The predicted octanol–water partition coefficient (Wildman–Crippen LogP) is 4.19. The molecule has 9 nitrogen and oxygen atoms in total. The van der Waals surface area contributed by atoms with Crippen LogP contribution >= 0.6 is 11.6 Å². The quantitative estimate of drug-likeness (QED) is 0.209. The number of hydrogen-bond donors (Lipinski definition) is 3. The summed E-state index contributed by atoms with van der Waals surface area (Å²) in [6, 6.07) is 11.3. The van der Waals surface area contributed by atoms with E-state index in [2.05, 4.69) is 20.8 Å². The Labute approximate surface area is 201 Å². The molecule has 1 heterocycles. The van der Waals surface area contributed by atoms with E-state index in [9.17, 15) is 9.18 Å². The molecule has 3 rings (SSSR count). The number of carbonyl (C=O) groups is 1. The molecule has 0 fully saturated rings. The van der Waals surface area contributed by atoms with E-state index < -0.39 is 18.6 Å². The van der Waals surface area contributed by atoms with Gasteiger partial charge in [0.15, 0.2) is 0 Å². The Kier molecular flexibility index (Phi) is 8.80. The molecule has 3 aromatic rings. The number of amides is 1. The van der Waals surface area contributed by atoms with Crippen LogP contribution < -0.4 is 20.1 Å². The summed E-state index contributed by atoms with van der Waals surface area (Å²) >= 11 is 5.94. The Hall–Kier alpha value is -3.66. The van der Waals surface area contributed by atoms with E-state index in [0.717, 1.165) is 0 Å².